The highest BCUT2D eigenvalue weighted by atomic mass is 16.6. The molecule has 0 spiro atoms. The van der Waals surface area contributed by atoms with Crippen molar-refractivity contribution in [2.75, 3.05) is 6.61 Å². The van der Waals surface area contributed by atoms with Crippen LogP contribution in [-0.4, -0.2) is 62.6 Å². The van der Waals surface area contributed by atoms with E-state index in [1.54, 1.807) is 32.9 Å². The number of ether oxygens (including phenoxy) is 2. The van der Waals surface area contributed by atoms with Crippen molar-refractivity contribution in [3.63, 3.8) is 0 Å². The molecule has 0 bridgehead atoms. The molecule has 2 saturated carbocycles. The number of esters is 2. The topological polar surface area (TPSA) is 130 Å². The number of carbonyl (C=O) groups is 3. The van der Waals surface area contributed by atoms with E-state index in [0.29, 0.717) is 24.0 Å². The third kappa shape index (κ3) is 5.33. The molecule has 3 N–H and O–H groups in total. The lowest BCUT2D eigenvalue weighted by molar-refractivity contribution is -0.230. The van der Waals surface area contributed by atoms with Crippen molar-refractivity contribution in [3.8, 4) is 0 Å². The lowest BCUT2D eigenvalue weighted by atomic mass is 9.59. The number of Topliss-reactive ketones (excluding diaryl/α,β-unsaturated/α-hetero) is 1. The molecule has 0 radical (unpaired) electrons. The monoisotopic (exact) mass is 602 g/mol. The summed E-state index contributed by atoms with van der Waals surface area (Å²) >= 11 is 0. The SMILES string of the molecule is CCCCCCCCCC(=O)O[C@@]12[C@H](OC(=O)C(C)CC)[C@@H](C)[C@@]3(O)[C@@H](C=C(CO)C[C@]4(O)C(=O)C(C)=C[C@@H]34)[C@@H]1C2(C)C. The Morgan fingerprint density at radius 2 is 1.67 bits per heavy atom. The molecular weight excluding hydrogens is 548 g/mol. The Balaban J connectivity index is 1.72. The molecular formula is C35H54O8. The molecule has 242 valence electrons. The van der Waals surface area contributed by atoms with Crippen molar-refractivity contribution >= 4 is 17.7 Å². The second kappa shape index (κ2) is 12.4. The Morgan fingerprint density at radius 3 is 2.28 bits per heavy atom. The summed E-state index contributed by atoms with van der Waals surface area (Å²) in [6, 6.07) is 0. The molecule has 1 unspecified atom stereocenters. The van der Waals surface area contributed by atoms with Crippen LogP contribution in [0.25, 0.3) is 0 Å². The summed E-state index contributed by atoms with van der Waals surface area (Å²) < 4.78 is 12.7. The van der Waals surface area contributed by atoms with Gasteiger partial charge in [0.25, 0.3) is 0 Å². The fourth-order valence-electron chi connectivity index (χ4n) is 8.70. The number of hydrogen-bond acceptors (Lipinski definition) is 8. The number of rotatable bonds is 13. The molecule has 0 aromatic carbocycles. The van der Waals surface area contributed by atoms with Crippen LogP contribution in [0.4, 0.5) is 0 Å². The number of carbonyl (C=O) groups excluding carboxylic acids is 3. The molecule has 43 heavy (non-hydrogen) atoms. The molecule has 4 aliphatic rings. The Kier molecular flexibility index (Phi) is 9.76. The third-order valence-corrected chi connectivity index (χ3v) is 11.5. The molecule has 0 aromatic heterocycles. The van der Waals surface area contributed by atoms with Gasteiger partial charge in [-0.3, -0.25) is 14.4 Å². The van der Waals surface area contributed by atoms with Gasteiger partial charge in [0, 0.05) is 41.9 Å². The van der Waals surface area contributed by atoms with E-state index < -0.39 is 69.7 Å². The predicted molar refractivity (Wildman–Crippen MR) is 163 cm³/mol. The summed E-state index contributed by atoms with van der Waals surface area (Å²) in [6.45, 7) is 12.8. The van der Waals surface area contributed by atoms with E-state index in [1.807, 2.05) is 20.8 Å². The van der Waals surface area contributed by atoms with Gasteiger partial charge in [0.05, 0.1) is 18.1 Å². The number of hydrogen-bond donors (Lipinski definition) is 3. The van der Waals surface area contributed by atoms with Gasteiger partial charge in [0.2, 0.25) is 0 Å². The number of fused-ring (bicyclic) bond motifs is 5. The number of aliphatic hydroxyl groups is 3. The standard InChI is InChI=1S/C35H54O8/c1-8-10-11-12-13-14-15-16-27(37)43-35-28(32(35,6)7)25-18-24(20-36)19-33(40)26(17-22(4)29(33)38)34(25,41)23(5)30(35)42-31(39)21(3)9-2/h17-18,21,23,25-26,28,30,36,40-41H,8-16,19-20H2,1-7H3/t21?,23-,25+,26-,28-,30-,33-,34-,35-/m1/s1. The van der Waals surface area contributed by atoms with Gasteiger partial charge in [-0.25, -0.2) is 0 Å². The smallest absolute Gasteiger partial charge is 0.309 e. The first kappa shape index (κ1) is 33.9. The van der Waals surface area contributed by atoms with Crippen molar-refractivity contribution in [1.82, 2.24) is 0 Å². The van der Waals surface area contributed by atoms with Crippen LogP contribution in [0.3, 0.4) is 0 Å². The number of ketones is 1. The average Bonchev–Trinajstić information content (AvgIpc) is 3.39. The first-order chi connectivity index (χ1) is 20.2. The minimum absolute atomic E-state index is 0.109. The van der Waals surface area contributed by atoms with Gasteiger partial charge < -0.3 is 24.8 Å². The van der Waals surface area contributed by atoms with Crippen molar-refractivity contribution < 1.29 is 39.2 Å². The van der Waals surface area contributed by atoms with Crippen LogP contribution < -0.4 is 0 Å². The quantitative estimate of drug-likeness (QED) is 0.149. The Morgan fingerprint density at radius 1 is 1.05 bits per heavy atom. The fourth-order valence-corrected chi connectivity index (χ4v) is 8.70. The zero-order valence-corrected chi connectivity index (χ0v) is 27.3. The highest BCUT2D eigenvalue weighted by Gasteiger charge is 2.88. The van der Waals surface area contributed by atoms with E-state index in [-0.39, 0.29) is 25.4 Å². The van der Waals surface area contributed by atoms with Crippen LogP contribution in [0, 0.1) is 35.0 Å². The minimum Gasteiger partial charge on any atom is -0.457 e. The summed E-state index contributed by atoms with van der Waals surface area (Å²) in [5.74, 6) is -4.60. The largest absolute Gasteiger partial charge is 0.457 e. The van der Waals surface area contributed by atoms with Crippen molar-refractivity contribution in [1.29, 1.82) is 0 Å². The van der Waals surface area contributed by atoms with Crippen LogP contribution in [-0.2, 0) is 23.9 Å². The summed E-state index contributed by atoms with van der Waals surface area (Å²) in [4.78, 5) is 40.1. The molecule has 9 atom stereocenters. The zero-order valence-electron chi connectivity index (χ0n) is 27.3. The first-order valence-electron chi connectivity index (χ1n) is 16.6. The van der Waals surface area contributed by atoms with E-state index in [4.69, 9.17) is 9.47 Å². The van der Waals surface area contributed by atoms with Gasteiger partial charge in [0.15, 0.2) is 11.4 Å². The number of unbranched alkanes of at least 4 members (excludes halogenated alkanes) is 6. The summed E-state index contributed by atoms with van der Waals surface area (Å²) in [6.07, 6.45) is 10.6. The number of aliphatic hydroxyl groups excluding tert-OH is 1. The Hall–Kier alpha value is -2.03. The highest BCUT2D eigenvalue weighted by molar-refractivity contribution is 6.04. The first-order valence-corrected chi connectivity index (χ1v) is 16.6. The van der Waals surface area contributed by atoms with Gasteiger partial charge in [-0.2, -0.15) is 0 Å². The van der Waals surface area contributed by atoms with Gasteiger partial charge in [0.1, 0.15) is 11.7 Å². The maximum atomic E-state index is 13.5. The third-order valence-electron chi connectivity index (χ3n) is 11.5. The molecule has 4 rings (SSSR count). The molecule has 4 aliphatic carbocycles. The van der Waals surface area contributed by atoms with E-state index >= 15 is 0 Å². The van der Waals surface area contributed by atoms with Crippen molar-refractivity contribution in [2.45, 2.75) is 136 Å². The predicted octanol–water partition coefficient (Wildman–Crippen LogP) is 5.22. The van der Waals surface area contributed by atoms with Gasteiger partial charge >= 0.3 is 11.9 Å². The normalized spacial score (nSPS) is 38.1. The Bertz CT molecular complexity index is 1150. The van der Waals surface area contributed by atoms with Crippen molar-refractivity contribution in [3.05, 3.63) is 23.3 Å². The van der Waals surface area contributed by atoms with Crippen LogP contribution >= 0.6 is 0 Å². The summed E-state index contributed by atoms with van der Waals surface area (Å²) in [5.41, 5.74) is -4.75. The zero-order chi connectivity index (χ0) is 32.0. The van der Waals surface area contributed by atoms with E-state index in [1.165, 1.54) is 19.3 Å². The van der Waals surface area contributed by atoms with Gasteiger partial charge in [-0.15, -0.1) is 0 Å². The lowest BCUT2D eigenvalue weighted by Crippen LogP contribution is -2.66. The molecule has 0 saturated heterocycles. The van der Waals surface area contributed by atoms with E-state index in [9.17, 15) is 29.7 Å². The summed E-state index contributed by atoms with van der Waals surface area (Å²) in [5, 5.41) is 35.0. The van der Waals surface area contributed by atoms with E-state index in [0.717, 1.165) is 19.3 Å². The molecule has 0 aromatic rings. The minimum atomic E-state index is -1.94. The molecule has 8 heteroatoms. The van der Waals surface area contributed by atoms with Gasteiger partial charge in [-0.05, 0) is 30.9 Å². The molecule has 2 fully saturated rings. The highest BCUT2D eigenvalue weighted by Crippen LogP contribution is 2.77. The Labute approximate surface area is 257 Å². The van der Waals surface area contributed by atoms with Gasteiger partial charge in [-0.1, -0.05) is 92.2 Å². The second-order valence-corrected chi connectivity index (χ2v) is 14.4. The van der Waals surface area contributed by atoms with Crippen LogP contribution in [0.15, 0.2) is 23.3 Å². The maximum absolute atomic E-state index is 13.5. The molecule has 0 amide bonds. The molecule has 8 nitrogen and oxygen atoms in total. The molecule has 0 heterocycles. The maximum Gasteiger partial charge on any atom is 0.309 e. The van der Waals surface area contributed by atoms with Crippen LogP contribution in [0.1, 0.15) is 113 Å². The van der Waals surface area contributed by atoms with Crippen LogP contribution in [0.2, 0.25) is 0 Å². The van der Waals surface area contributed by atoms with E-state index in [2.05, 4.69) is 6.92 Å². The lowest BCUT2D eigenvalue weighted by Gasteiger charge is -2.53. The second-order valence-electron chi connectivity index (χ2n) is 14.4. The molecule has 0 aliphatic heterocycles. The summed E-state index contributed by atoms with van der Waals surface area (Å²) in [7, 11) is 0. The van der Waals surface area contributed by atoms with Crippen molar-refractivity contribution in [2.24, 2.45) is 35.0 Å². The average molecular weight is 603 g/mol. The van der Waals surface area contributed by atoms with Crippen LogP contribution in [0.5, 0.6) is 0 Å². The fraction of sp³-hybridized carbons (Fsp3) is 0.800.